The van der Waals surface area contributed by atoms with Gasteiger partial charge in [-0.25, -0.2) is 13.1 Å². The van der Waals surface area contributed by atoms with E-state index in [9.17, 15) is 13.5 Å². The van der Waals surface area contributed by atoms with Gasteiger partial charge in [0.25, 0.3) is 0 Å². The second-order valence-corrected chi connectivity index (χ2v) is 8.49. The molecule has 0 spiro atoms. The highest BCUT2D eigenvalue weighted by atomic mass is 35.5. The van der Waals surface area contributed by atoms with Gasteiger partial charge in [-0.1, -0.05) is 54.1 Å². The van der Waals surface area contributed by atoms with Crippen LogP contribution in [-0.4, -0.2) is 20.1 Å². The Morgan fingerprint density at radius 1 is 1.04 bits per heavy atom. The van der Waals surface area contributed by atoms with Gasteiger partial charge in [-0.05, 0) is 34.7 Å². The predicted molar refractivity (Wildman–Crippen MR) is 101 cm³/mol. The Balaban J connectivity index is 1.68. The third-order valence-corrected chi connectivity index (χ3v) is 6.54. The van der Waals surface area contributed by atoms with Gasteiger partial charge >= 0.3 is 0 Å². The van der Waals surface area contributed by atoms with Crippen LogP contribution in [0.3, 0.4) is 0 Å². The van der Waals surface area contributed by atoms with Gasteiger partial charge in [0.05, 0.1) is 11.1 Å². The van der Waals surface area contributed by atoms with E-state index < -0.39 is 16.1 Å². The van der Waals surface area contributed by atoms with Crippen LogP contribution in [0.25, 0.3) is 10.4 Å². The molecule has 0 bridgehead atoms. The molecule has 3 rings (SSSR count). The molecule has 0 amide bonds. The number of aliphatic hydroxyl groups excluding tert-OH is 1. The minimum Gasteiger partial charge on any atom is -0.387 e. The van der Waals surface area contributed by atoms with Crippen LogP contribution in [0.2, 0.25) is 5.02 Å². The van der Waals surface area contributed by atoms with Crippen molar-refractivity contribution in [3.63, 3.8) is 0 Å². The number of halogens is 1. The van der Waals surface area contributed by atoms with Crippen LogP contribution in [0.15, 0.2) is 70.9 Å². The monoisotopic (exact) mass is 393 g/mol. The Labute approximate surface area is 155 Å². The van der Waals surface area contributed by atoms with Gasteiger partial charge in [0.2, 0.25) is 10.0 Å². The zero-order chi connectivity index (χ0) is 17.9. The molecule has 0 fully saturated rings. The van der Waals surface area contributed by atoms with Crippen molar-refractivity contribution in [2.45, 2.75) is 11.0 Å². The Kier molecular flexibility index (Phi) is 5.56. The lowest BCUT2D eigenvalue weighted by molar-refractivity contribution is 0.182. The molecule has 2 N–H and O–H groups in total. The van der Waals surface area contributed by atoms with Crippen LogP contribution in [0, 0.1) is 0 Å². The molecular formula is C18H16ClNO3S2. The number of hydrogen-bond acceptors (Lipinski definition) is 4. The number of thiophene rings is 1. The summed E-state index contributed by atoms with van der Waals surface area (Å²) in [5.41, 5.74) is 1.70. The summed E-state index contributed by atoms with van der Waals surface area (Å²) < 4.78 is 27.0. The van der Waals surface area contributed by atoms with Crippen LogP contribution in [0.1, 0.15) is 11.7 Å². The number of sulfonamides is 1. The van der Waals surface area contributed by atoms with Crippen molar-refractivity contribution in [2.75, 3.05) is 6.54 Å². The molecule has 7 heteroatoms. The van der Waals surface area contributed by atoms with Crippen molar-refractivity contribution < 1.29 is 13.5 Å². The van der Waals surface area contributed by atoms with Crippen molar-refractivity contribution in [2.24, 2.45) is 0 Å². The molecule has 0 aliphatic carbocycles. The van der Waals surface area contributed by atoms with Gasteiger partial charge < -0.3 is 5.11 Å². The second-order valence-electron chi connectivity index (χ2n) is 5.40. The third kappa shape index (κ3) is 4.29. The van der Waals surface area contributed by atoms with Crippen molar-refractivity contribution in [1.29, 1.82) is 0 Å². The maximum absolute atomic E-state index is 12.3. The highest BCUT2D eigenvalue weighted by molar-refractivity contribution is 7.89. The first-order valence-electron chi connectivity index (χ1n) is 7.53. The highest BCUT2D eigenvalue weighted by Gasteiger charge is 2.19. The lowest BCUT2D eigenvalue weighted by atomic mass is 10.1. The predicted octanol–water partition coefficient (Wildman–Crippen LogP) is 4.08. The molecule has 1 unspecified atom stereocenters. The number of aliphatic hydroxyl groups is 1. The van der Waals surface area contributed by atoms with E-state index in [0.29, 0.717) is 5.56 Å². The highest BCUT2D eigenvalue weighted by Crippen LogP contribution is 2.26. The lowest BCUT2D eigenvalue weighted by Gasteiger charge is -2.13. The van der Waals surface area contributed by atoms with Crippen molar-refractivity contribution in [3.8, 4) is 10.4 Å². The standard InChI is InChI=1S/C18H16ClNO3S2/c19-15-4-1-2-6-18(15)25(22,23)20-12-16(21)13-7-9-14(10-8-13)17-5-3-11-24-17/h1-11,16,20-21H,12H2. The second kappa shape index (κ2) is 7.68. The Bertz CT molecular complexity index is 939. The molecule has 0 radical (unpaired) electrons. The fourth-order valence-electron chi connectivity index (χ4n) is 2.36. The van der Waals surface area contributed by atoms with Crippen molar-refractivity contribution in [3.05, 3.63) is 76.6 Å². The fraction of sp³-hybridized carbons (Fsp3) is 0.111. The van der Waals surface area contributed by atoms with Gasteiger partial charge in [-0.3, -0.25) is 0 Å². The van der Waals surface area contributed by atoms with Crippen LogP contribution < -0.4 is 4.72 Å². The van der Waals surface area contributed by atoms with Gasteiger partial charge in [-0.15, -0.1) is 11.3 Å². The quantitative estimate of drug-likeness (QED) is 0.663. The summed E-state index contributed by atoms with van der Waals surface area (Å²) in [5, 5.41) is 12.4. The maximum Gasteiger partial charge on any atom is 0.242 e. The smallest absolute Gasteiger partial charge is 0.242 e. The minimum atomic E-state index is -3.78. The summed E-state index contributed by atoms with van der Waals surface area (Å²) >= 11 is 7.56. The molecule has 3 aromatic rings. The van der Waals surface area contributed by atoms with Gasteiger partial charge in [-0.2, -0.15) is 0 Å². The number of rotatable bonds is 6. The molecule has 2 aromatic carbocycles. The summed E-state index contributed by atoms with van der Waals surface area (Å²) in [4.78, 5) is 1.14. The first-order chi connectivity index (χ1) is 12.0. The summed E-state index contributed by atoms with van der Waals surface area (Å²) in [6, 6.07) is 17.6. The summed E-state index contributed by atoms with van der Waals surface area (Å²) in [6.45, 7) is -0.133. The first-order valence-corrected chi connectivity index (χ1v) is 10.3. The van der Waals surface area contributed by atoms with E-state index >= 15 is 0 Å². The van der Waals surface area contributed by atoms with Crippen LogP contribution in [0.5, 0.6) is 0 Å². The molecule has 0 aliphatic rings. The Morgan fingerprint density at radius 3 is 2.40 bits per heavy atom. The molecule has 25 heavy (non-hydrogen) atoms. The van der Waals surface area contributed by atoms with E-state index in [1.165, 1.54) is 12.1 Å². The maximum atomic E-state index is 12.3. The van der Waals surface area contributed by atoms with Crippen molar-refractivity contribution >= 4 is 33.0 Å². The summed E-state index contributed by atoms with van der Waals surface area (Å²) in [6.07, 6.45) is -0.949. The van der Waals surface area contributed by atoms with E-state index in [-0.39, 0.29) is 16.5 Å². The molecule has 0 aliphatic heterocycles. The summed E-state index contributed by atoms with van der Waals surface area (Å²) in [7, 11) is -3.78. The normalized spacial score (nSPS) is 12.9. The molecule has 130 valence electrons. The Morgan fingerprint density at radius 2 is 1.76 bits per heavy atom. The van der Waals surface area contributed by atoms with E-state index in [1.54, 1.807) is 35.6 Å². The van der Waals surface area contributed by atoms with Gasteiger partial charge in [0.15, 0.2) is 0 Å². The zero-order valence-corrected chi connectivity index (χ0v) is 15.5. The average Bonchev–Trinajstić information content (AvgIpc) is 3.15. The topological polar surface area (TPSA) is 66.4 Å². The molecular weight excluding hydrogens is 378 g/mol. The summed E-state index contributed by atoms with van der Waals surface area (Å²) in [5.74, 6) is 0. The molecule has 0 saturated carbocycles. The SMILES string of the molecule is O=S(=O)(NCC(O)c1ccc(-c2cccs2)cc1)c1ccccc1Cl. The largest absolute Gasteiger partial charge is 0.387 e. The molecule has 4 nitrogen and oxygen atoms in total. The fourth-order valence-corrected chi connectivity index (χ4v) is 4.65. The van der Waals surface area contributed by atoms with Gasteiger partial charge in [0.1, 0.15) is 4.90 Å². The van der Waals surface area contributed by atoms with E-state index in [1.807, 2.05) is 29.6 Å². The lowest BCUT2D eigenvalue weighted by Crippen LogP contribution is -2.28. The van der Waals surface area contributed by atoms with Crippen LogP contribution in [-0.2, 0) is 10.0 Å². The average molecular weight is 394 g/mol. The Hall–Kier alpha value is -1.70. The molecule has 1 aromatic heterocycles. The van der Waals surface area contributed by atoms with E-state index in [2.05, 4.69) is 4.72 Å². The van der Waals surface area contributed by atoms with Crippen molar-refractivity contribution in [1.82, 2.24) is 4.72 Å². The minimum absolute atomic E-state index is 0.00286. The van der Waals surface area contributed by atoms with Gasteiger partial charge in [0, 0.05) is 11.4 Å². The molecule has 0 saturated heterocycles. The van der Waals surface area contributed by atoms with Crippen LogP contribution in [0.4, 0.5) is 0 Å². The van der Waals surface area contributed by atoms with Crippen LogP contribution >= 0.6 is 22.9 Å². The first kappa shape index (κ1) is 18.1. The third-order valence-electron chi connectivity index (χ3n) is 3.69. The number of benzene rings is 2. The van der Waals surface area contributed by atoms with E-state index in [4.69, 9.17) is 11.6 Å². The van der Waals surface area contributed by atoms with E-state index in [0.717, 1.165) is 10.4 Å². The number of nitrogens with one attached hydrogen (secondary N) is 1. The molecule has 1 atom stereocenters. The number of hydrogen-bond donors (Lipinski definition) is 2. The zero-order valence-electron chi connectivity index (χ0n) is 13.1. The molecule has 1 heterocycles.